The SMILES string of the molecule is CC(C)(CCc1ncccc1C(F)(F)F)NC(=O)C1[C@H]2CNC[C@@H]12.CC(C)(NC(=O)C1[C@H]2CNC[C@@H]12)C1CCc2ccccc2O1.CC(C)(NC(=O)C1[C@H]2CNC[C@@H]12)c1nc(C(F)(F)F)c2ccccn12.Cc1cccnc1CCC(C)(C)NC(=O)C1[C@H]2CNC[C@@H]12.Cn1nc(C(C)(C)NC(=O)C2[C@H]3CNC[C@@H]23)c2cccnc21. The third-order valence-electron chi connectivity index (χ3n) is 25.8. The summed E-state index contributed by atoms with van der Waals surface area (Å²) in [7, 11) is 1.88. The Kier molecular flexibility index (Phi) is 22.8. The Hall–Kier alpha value is -8.64. The predicted molar refractivity (Wildman–Crippen MR) is 418 cm³/mol. The maximum Gasteiger partial charge on any atom is 0.435 e. The molecule has 0 spiro atoms. The fraction of sp³-hybridized carbons (Fsp3) is 0.600. The highest BCUT2D eigenvalue weighted by Gasteiger charge is 2.62. The van der Waals surface area contributed by atoms with Crippen LogP contribution in [-0.4, -0.2) is 152 Å². The van der Waals surface area contributed by atoms with Crippen molar-refractivity contribution in [2.45, 2.75) is 161 Å². The lowest BCUT2D eigenvalue weighted by Crippen LogP contribution is -2.56. The molecule has 29 heteroatoms. The third-order valence-corrected chi connectivity index (χ3v) is 25.8. The summed E-state index contributed by atoms with van der Waals surface area (Å²) >= 11 is 0. The largest absolute Gasteiger partial charge is 0.488 e. The average Bonchev–Trinajstić information content (AvgIpc) is 1.58. The minimum Gasteiger partial charge on any atom is -0.488 e. The summed E-state index contributed by atoms with van der Waals surface area (Å²) in [5.74, 6) is 7.20. The minimum absolute atomic E-state index is 0.0141. The molecule has 7 aromatic rings. The van der Waals surface area contributed by atoms with Crippen LogP contribution >= 0.6 is 0 Å². The number of carbonyl (C=O) groups excluding carboxylic acids is 5. The number of hydrogen-bond acceptors (Lipinski definition) is 16. The van der Waals surface area contributed by atoms with E-state index in [0.717, 1.165) is 125 Å². The van der Waals surface area contributed by atoms with E-state index in [4.69, 9.17) is 4.74 Å². The second-order valence-corrected chi connectivity index (χ2v) is 36.3. The normalized spacial score (nSPS) is 27.7. The van der Waals surface area contributed by atoms with Crippen LogP contribution in [0.1, 0.15) is 134 Å². The Labute approximate surface area is 662 Å². The van der Waals surface area contributed by atoms with Crippen molar-refractivity contribution in [1.29, 1.82) is 0 Å². The fourth-order valence-electron chi connectivity index (χ4n) is 19.0. The molecular formula is C85H111F6N17O6. The molecule has 6 unspecified atom stereocenters. The molecule has 5 amide bonds. The smallest absolute Gasteiger partial charge is 0.435 e. The van der Waals surface area contributed by atoms with Crippen LogP contribution < -0.4 is 57.9 Å². The third kappa shape index (κ3) is 17.8. The standard InChI is InChI=1S/C18H24N2O2.C17H19F3N4O.C17H22F3N3O.C17H25N3O.C16H21N5O/c1-18(2,20-17(21)16-12-9-19-10-13(12)16)15-8-7-11-5-3-4-6-14(11)22-15;1-16(2,23-14(25)12-9-7-21-8-10(9)12)15-22-13(17(18,19)20)11-5-3-4-6-24(11)15;1-16(2,23-15(24)14-10-8-21-9-11(10)14)6-5-13-12(17(18,19)20)4-3-7-22-13;1-11-5-4-8-19-14(11)6-7-17(2,3)20-16(21)15-12-9-18-10-13(12)15;1-16(2,19-15(22)12-10-7-17-8-11(10)12)13-9-5-4-6-18-14(9)21(3)20-13/h3-6,12-13,15-16,19H,7-10H2,1-2H3,(H,20,21);3-6,9-10,12,21H,7-8H2,1-2H3,(H,23,25);3-4,7,10-11,14,21H,5-6,8-9H2,1-2H3,(H,23,24);4-5,8,12-13,15,18H,6-7,9-10H2,1-3H3,(H,20,21);4-6,10-12,17H,7-8H2,1-3H3,(H,19,22)/t12-,13+,15?,16?;9-,10+,12?;10-,11+,14?;12-,13+,15?;10-,11+,12?. The predicted octanol–water partition coefficient (Wildman–Crippen LogP) is 8.77. The van der Waals surface area contributed by atoms with Crippen LogP contribution in [0.3, 0.4) is 0 Å². The van der Waals surface area contributed by atoms with E-state index in [9.17, 15) is 50.3 Å². The van der Waals surface area contributed by atoms with E-state index >= 15 is 0 Å². The van der Waals surface area contributed by atoms with Crippen molar-refractivity contribution in [2.75, 3.05) is 65.4 Å². The quantitative estimate of drug-likeness (QED) is 0.0339. The van der Waals surface area contributed by atoms with Crippen LogP contribution in [0.15, 0.2) is 104 Å². The number of halogens is 6. The Morgan fingerprint density at radius 2 is 0.912 bits per heavy atom. The van der Waals surface area contributed by atoms with Gasteiger partial charge in [0.2, 0.25) is 29.5 Å². The average molecular weight is 1580 g/mol. The van der Waals surface area contributed by atoms with Gasteiger partial charge in [-0.05, 0) is 299 Å². The van der Waals surface area contributed by atoms with Gasteiger partial charge in [0.1, 0.15) is 17.7 Å². The second kappa shape index (κ2) is 31.8. The van der Waals surface area contributed by atoms with Crippen LogP contribution in [0.5, 0.6) is 5.75 Å². The fourth-order valence-corrected chi connectivity index (χ4v) is 19.0. The van der Waals surface area contributed by atoms with Gasteiger partial charge < -0.3 is 62.3 Å². The van der Waals surface area contributed by atoms with Gasteiger partial charge in [0.25, 0.3) is 0 Å². The van der Waals surface area contributed by atoms with Gasteiger partial charge in [0.05, 0.1) is 39.1 Å². The number of benzene rings is 1. The number of aromatic nitrogens is 7. The number of ether oxygens (including phenoxy) is 1. The monoisotopic (exact) mass is 1580 g/mol. The lowest BCUT2D eigenvalue weighted by atomic mass is 9.89. The van der Waals surface area contributed by atoms with E-state index in [1.54, 1.807) is 36.9 Å². The van der Waals surface area contributed by atoms with Crippen LogP contribution in [0, 0.1) is 95.7 Å². The highest BCUT2D eigenvalue weighted by atomic mass is 19.4. The number of alkyl halides is 6. The van der Waals surface area contributed by atoms with E-state index in [2.05, 4.69) is 131 Å². The lowest BCUT2D eigenvalue weighted by Gasteiger charge is -2.38. The van der Waals surface area contributed by atoms with Gasteiger partial charge in [-0.25, -0.2) is 9.97 Å². The molecule has 5 saturated carbocycles. The van der Waals surface area contributed by atoms with Crippen molar-refractivity contribution in [1.82, 2.24) is 87.3 Å². The summed E-state index contributed by atoms with van der Waals surface area (Å²) in [6.45, 7) is 30.9. The first kappa shape index (κ1) is 81.9. The Morgan fingerprint density at radius 3 is 1.40 bits per heavy atom. The molecule has 23 nitrogen and oxygen atoms in total. The van der Waals surface area contributed by atoms with E-state index in [-0.39, 0.29) is 99.8 Å². The molecule has 1 aromatic carbocycles. The number of para-hydroxylation sites is 1. The maximum absolute atomic E-state index is 13.3. The first-order chi connectivity index (χ1) is 53.9. The summed E-state index contributed by atoms with van der Waals surface area (Å²) in [6.07, 6.45) is 1.93. The zero-order valence-corrected chi connectivity index (χ0v) is 67.2. The lowest BCUT2D eigenvalue weighted by molar-refractivity contribution is -0.140. The van der Waals surface area contributed by atoms with E-state index in [1.165, 1.54) is 40.1 Å². The minimum atomic E-state index is -4.55. The van der Waals surface area contributed by atoms with Crippen molar-refractivity contribution in [3.63, 3.8) is 0 Å². The molecule has 12 heterocycles. The Morgan fingerprint density at radius 1 is 0.482 bits per heavy atom. The number of fused-ring (bicyclic) bond motifs is 8. The molecule has 5 aliphatic carbocycles. The molecule has 0 bridgehead atoms. The molecule has 614 valence electrons. The molecule has 10 fully saturated rings. The molecular weight excluding hydrogens is 1470 g/mol. The van der Waals surface area contributed by atoms with E-state index < -0.39 is 40.2 Å². The van der Waals surface area contributed by atoms with Gasteiger partial charge >= 0.3 is 12.4 Å². The van der Waals surface area contributed by atoms with Gasteiger partial charge in [0.15, 0.2) is 11.3 Å². The van der Waals surface area contributed by atoms with E-state index in [0.29, 0.717) is 65.6 Å². The summed E-state index contributed by atoms with van der Waals surface area (Å²) in [5, 5.41) is 37.6. The van der Waals surface area contributed by atoms with Crippen molar-refractivity contribution in [3.05, 3.63) is 149 Å². The first-order valence-electron chi connectivity index (χ1n) is 40.5. The van der Waals surface area contributed by atoms with Gasteiger partial charge in [-0.3, -0.25) is 38.6 Å². The van der Waals surface area contributed by atoms with Gasteiger partial charge in [-0.2, -0.15) is 31.4 Å². The number of amides is 5. The molecule has 114 heavy (non-hydrogen) atoms. The summed E-state index contributed by atoms with van der Waals surface area (Å²) in [6, 6.07) is 23.1. The highest BCUT2D eigenvalue weighted by molar-refractivity contribution is 5.87. The van der Waals surface area contributed by atoms with Crippen molar-refractivity contribution in [2.24, 2.45) is 95.8 Å². The van der Waals surface area contributed by atoms with Crippen LogP contribution in [-0.2, 0) is 73.7 Å². The van der Waals surface area contributed by atoms with Gasteiger partial charge in [0, 0.05) is 83.6 Å². The Balaban J connectivity index is 0.000000118. The summed E-state index contributed by atoms with van der Waals surface area (Å²) in [5.41, 5.74) is 1.11. The number of hydrogen-bond donors (Lipinski definition) is 10. The molecule has 0 radical (unpaired) electrons. The maximum atomic E-state index is 13.3. The molecule has 6 aromatic heterocycles. The zero-order valence-electron chi connectivity index (χ0n) is 67.2. The number of aryl methyl sites for hydroxylation is 5. The van der Waals surface area contributed by atoms with Crippen molar-refractivity contribution in [3.8, 4) is 5.75 Å². The number of nitrogens with zero attached hydrogens (tertiary/aromatic N) is 7. The number of pyridine rings is 4. The number of rotatable bonds is 19. The molecule has 10 N–H and O–H groups in total. The van der Waals surface area contributed by atoms with Gasteiger partial charge in [-0.1, -0.05) is 30.3 Å². The molecule has 18 rings (SSSR count). The van der Waals surface area contributed by atoms with Crippen molar-refractivity contribution >= 4 is 46.1 Å². The summed E-state index contributed by atoms with van der Waals surface area (Å²) < 4.78 is 88.3. The van der Waals surface area contributed by atoms with Crippen LogP contribution in [0.25, 0.3) is 16.6 Å². The van der Waals surface area contributed by atoms with E-state index in [1.807, 2.05) is 71.3 Å². The topological polar surface area (TPSA) is 289 Å². The zero-order chi connectivity index (χ0) is 81.4. The number of carbonyl (C=O) groups is 5. The molecule has 11 aliphatic rings. The first-order valence-corrected chi connectivity index (χ1v) is 40.5. The molecule has 6 aliphatic heterocycles. The van der Waals surface area contributed by atoms with Gasteiger partial charge in [-0.15, -0.1) is 0 Å². The van der Waals surface area contributed by atoms with Crippen molar-refractivity contribution < 1.29 is 55.1 Å². The Bertz CT molecular complexity index is 4660. The summed E-state index contributed by atoms with van der Waals surface area (Å²) in [4.78, 5) is 78.9. The molecule has 5 saturated heterocycles. The second-order valence-electron chi connectivity index (χ2n) is 36.3. The number of piperidine rings is 5. The van der Waals surface area contributed by atoms with Crippen LogP contribution in [0.4, 0.5) is 26.3 Å². The number of nitrogens with one attached hydrogen (secondary N) is 10. The number of imidazole rings is 1. The molecule has 16 atom stereocenters. The highest BCUT2D eigenvalue weighted by Crippen LogP contribution is 2.53. The van der Waals surface area contributed by atoms with Crippen LogP contribution in [0.2, 0.25) is 0 Å².